The van der Waals surface area contributed by atoms with E-state index in [-0.39, 0.29) is 11.6 Å². The number of hydrogen-bond donors (Lipinski definition) is 1. The number of hydrogen-bond acceptors (Lipinski definition) is 5. The Morgan fingerprint density at radius 2 is 1.82 bits per heavy atom. The summed E-state index contributed by atoms with van der Waals surface area (Å²) in [5.41, 5.74) is 5.40. The highest BCUT2D eigenvalue weighted by atomic mass is 16.5. The Hall–Kier alpha value is -4.26. The SMILES string of the molecule is CCCCc1ccc(NC(=O)c2nnn(-c3ccc4noc(-c5ccccc5)c4c3)c2C)cc1. The zero-order chi connectivity index (χ0) is 23.5. The van der Waals surface area contributed by atoms with E-state index in [1.165, 1.54) is 5.56 Å². The van der Waals surface area contributed by atoms with Crippen LogP contribution < -0.4 is 5.32 Å². The van der Waals surface area contributed by atoms with Crippen LogP contribution in [0.15, 0.2) is 77.3 Å². The molecule has 0 radical (unpaired) electrons. The molecule has 0 bridgehead atoms. The first kappa shape index (κ1) is 21.6. The highest BCUT2D eigenvalue weighted by molar-refractivity contribution is 6.03. The zero-order valence-electron chi connectivity index (χ0n) is 19.2. The first-order valence-electron chi connectivity index (χ1n) is 11.4. The molecule has 0 atom stereocenters. The van der Waals surface area contributed by atoms with Crippen LogP contribution >= 0.6 is 0 Å². The van der Waals surface area contributed by atoms with E-state index in [2.05, 4.69) is 27.7 Å². The van der Waals surface area contributed by atoms with E-state index >= 15 is 0 Å². The van der Waals surface area contributed by atoms with Crippen LogP contribution in [-0.4, -0.2) is 26.1 Å². The second kappa shape index (κ2) is 9.31. The Morgan fingerprint density at radius 3 is 2.59 bits per heavy atom. The van der Waals surface area contributed by atoms with Gasteiger partial charge in [-0.2, -0.15) is 0 Å². The van der Waals surface area contributed by atoms with Crippen molar-refractivity contribution in [3.63, 3.8) is 0 Å². The Bertz CT molecular complexity index is 1440. The number of nitrogens with zero attached hydrogens (tertiary/aromatic N) is 4. The van der Waals surface area contributed by atoms with Gasteiger partial charge >= 0.3 is 0 Å². The first-order chi connectivity index (χ1) is 16.6. The molecular formula is C27H25N5O2. The van der Waals surface area contributed by atoms with Crippen molar-refractivity contribution in [2.24, 2.45) is 0 Å². The van der Waals surface area contributed by atoms with Crippen molar-refractivity contribution in [2.75, 3.05) is 5.32 Å². The molecule has 0 aliphatic rings. The monoisotopic (exact) mass is 451 g/mol. The predicted octanol–water partition coefficient (Wildman–Crippen LogP) is 5.98. The van der Waals surface area contributed by atoms with E-state index in [9.17, 15) is 4.79 Å². The third kappa shape index (κ3) is 4.20. The molecule has 0 saturated heterocycles. The summed E-state index contributed by atoms with van der Waals surface area (Å²) in [5.74, 6) is 0.400. The van der Waals surface area contributed by atoms with Gasteiger partial charge in [-0.15, -0.1) is 5.10 Å². The molecule has 0 aliphatic heterocycles. The summed E-state index contributed by atoms with van der Waals surface area (Å²) in [4.78, 5) is 12.9. The van der Waals surface area contributed by atoms with Crippen LogP contribution in [0.5, 0.6) is 0 Å². The molecule has 5 rings (SSSR count). The number of aryl methyl sites for hydroxylation is 1. The number of carbonyl (C=O) groups is 1. The van der Waals surface area contributed by atoms with Gasteiger partial charge in [-0.3, -0.25) is 4.79 Å². The fourth-order valence-corrected chi connectivity index (χ4v) is 3.97. The van der Waals surface area contributed by atoms with Crippen LogP contribution in [0.25, 0.3) is 27.9 Å². The summed E-state index contributed by atoms with van der Waals surface area (Å²) in [7, 11) is 0. The van der Waals surface area contributed by atoms with Crippen LogP contribution in [-0.2, 0) is 6.42 Å². The topological polar surface area (TPSA) is 85.8 Å². The van der Waals surface area contributed by atoms with Crippen LogP contribution in [0.4, 0.5) is 5.69 Å². The van der Waals surface area contributed by atoms with Gasteiger partial charge in [0.15, 0.2) is 11.5 Å². The van der Waals surface area contributed by atoms with Gasteiger partial charge in [-0.25, -0.2) is 4.68 Å². The molecule has 5 aromatic rings. The highest BCUT2D eigenvalue weighted by Gasteiger charge is 2.19. The molecule has 0 saturated carbocycles. The Balaban J connectivity index is 1.40. The Kier molecular flexibility index (Phi) is 5.91. The van der Waals surface area contributed by atoms with Gasteiger partial charge < -0.3 is 9.84 Å². The third-order valence-electron chi connectivity index (χ3n) is 5.88. The number of benzene rings is 3. The van der Waals surface area contributed by atoms with Crippen LogP contribution in [0, 0.1) is 6.92 Å². The molecule has 3 aromatic carbocycles. The Labute approximate surface area is 197 Å². The fourth-order valence-electron chi connectivity index (χ4n) is 3.97. The van der Waals surface area contributed by atoms with Gasteiger partial charge in [-0.05, 0) is 55.7 Å². The normalized spacial score (nSPS) is 11.1. The molecule has 0 fully saturated rings. The number of fused-ring (bicyclic) bond motifs is 1. The predicted molar refractivity (Wildman–Crippen MR) is 132 cm³/mol. The summed E-state index contributed by atoms with van der Waals surface area (Å²) >= 11 is 0. The Morgan fingerprint density at radius 1 is 1.03 bits per heavy atom. The van der Waals surface area contributed by atoms with E-state index in [0.29, 0.717) is 11.5 Å². The lowest BCUT2D eigenvalue weighted by atomic mass is 10.1. The van der Waals surface area contributed by atoms with Crippen molar-refractivity contribution in [1.29, 1.82) is 0 Å². The molecular weight excluding hydrogens is 426 g/mol. The molecule has 170 valence electrons. The van der Waals surface area contributed by atoms with Gasteiger partial charge in [-0.1, -0.05) is 66.2 Å². The van der Waals surface area contributed by atoms with Gasteiger partial charge in [0.1, 0.15) is 5.52 Å². The van der Waals surface area contributed by atoms with E-state index < -0.39 is 0 Å². The maximum absolute atomic E-state index is 12.9. The fraction of sp³-hybridized carbons (Fsp3) is 0.185. The molecule has 7 heteroatoms. The van der Waals surface area contributed by atoms with E-state index in [4.69, 9.17) is 4.52 Å². The average Bonchev–Trinajstić information content (AvgIpc) is 3.47. The second-order valence-corrected chi connectivity index (χ2v) is 8.27. The standard InChI is InChI=1S/C27H25N5O2/c1-3-4-8-19-11-13-21(14-12-19)28-27(33)25-18(2)32(31-29-25)22-15-16-24-23(17-22)26(34-30-24)20-9-6-5-7-10-20/h5-7,9-17H,3-4,8H2,1-2H3,(H,28,33). The van der Waals surface area contributed by atoms with Crippen molar-refractivity contribution >= 4 is 22.5 Å². The minimum Gasteiger partial charge on any atom is -0.355 e. The van der Waals surface area contributed by atoms with Crippen LogP contribution in [0.2, 0.25) is 0 Å². The van der Waals surface area contributed by atoms with E-state index in [1.807, 2.05) is 79.7 Å². The molecule has 7 nitrogen and oxygen atoms in total. The molecule has 34 heavy (non-hydrogen) atoms. The first-order valence-corrected chi connectivity index (χ1v) is 11.4. The van der Waals surface area contributed by atoms with Crippen molar-refractivity contribution < 1.29 is 9.32 Å². The summed E-state index contributed by atoms with van der Waals surface area (Å²) in [6.45, 7) is 4.01. The second-order valence-electron chi connectivity index (χ2n) is 8.27. The number of nitrogens with one attached hydrogen (secondary N) is 1. The molecule has 0 aliphatic carbocycles. The molecule has 2 aromatic heterocycles. The number of anilines is 1. The lowest BCUT2D eigenvalue weighted by molar-refractivity contribution is 0.102. The minimum atomic E-state index is -0.291. The number of carbonyl (C=O) groups excluding carboxylic acids is 1. The van der Waals surface area contributed by atoms with E-state index in [0.717, 1.165) is 47.1 Å². The number of rotatable bonds is 7. The molecule has 1 N–H and O–H groups in total. The van der Waals surface area contributed by atoms with Gasteiger partial charge in [0, 0.05) is 11.3 Å². The van der Waals surface area contributed by atoms with Crippen molar-refractivity contribution in [3.05, 3.63) is 89.7 Å². The largest absolute Gasteiger partial charge is 0.355 e. The molecule has 0 spiro atoms. The molecule has 2 heterocycles. The quantitative estimate of drug-likeness (QED) is 0.329. The van der Waals surface area contributed by atoms with Gasteiger partial charge in [0.2, 0.25) is 0 Å². The summed E-state index contributed by atoms with van der Waals surface area (Å²) in [6, 6.07) is 23.5. The lowest BCUT2D eigenvalue weighted by Gasteiger charge is -2.07. The zero-order valence-corrected chi connectivity index (χ0v) is 19.2. The van der Waals surface area contributed by atoms with Crippen LogP contribution in [0.1, 0.15) is 41.5 Å². The summed E-state index contributed by atoms with van der Waals surface area (Å²) in [5, 5.41) is 16.4. The van der Waals surface area contributed by atoms with Crippen molar-refractivity contribution in [3.8, 4) is 17.0 Å². The van der Waals surface area contributed by atoms with Gasteiger partial charge in [0.05, 0.1) is 16.8 Å². The highest BCUT2D eigenvalue weighted by Crippen LogP contribution is 2.30. The summed E-state index contributed by atoms with van der Waals surface area (Å²) < 4.78 is 7.26. The van der Waals surface area contributed by atoms with E-state index in [1.54, 1.807) is 4.68 Å². The summed E-state index contributed by atoms with van der Waals surface area (Å²) in [6.07, 6.45) is 3.35. The lowest BCUT2D eigenvalue weighted by Crippen LogP contribution is -2.14. The third-order valence-corrected chi connectivity index (χ3v) is 5.88. The maximum atomic E-state index is 12.9. The maximum Gasteiger partial charge on any atom is 0.278 e. The smallest absolute Gasteiger partial charge is 0.278 e. The number of amides is 1. The van der Waals surface area contributed by atoms with Gasteiger partial charge in [0.25, 0.3) is 5.91 Å². The average molecular weight is 452 g/mol. The molecule has 1 amide bonds. The molecule has 0 unspecified atom stereocenters. The minimum absolute atomic E-state index is 0.281. The van der Waals surface area contributed by atoms with Crippen LogP contribution in [0.3, 0.4) is 0 Å². The number of aromatic nitrogens is 4. The number of unbranched alkanes of at least 4 members (excludes halogenated alkanes) is 1. The van der Waals surface area contributed by atoms with Crippen molar-refractivity contribution in [1.82, 2.24) is 20.2 Å². The van der Waals surface area contributed by atoms with Crippen molar-refractivity contribution in [2.45, 2.75) is 33.1 Å².